The first-order valence-corrected chi connectivity index (χ1v) is 9.79. The van der Waals surface area contributed by atoms with Gasteiger partial charge in [0.25, 0.3) is 5.78 Å². The lowest BCUT2D eigenvalue weighted by Crippen LogP contribution is -2.30. The van der Waals surface area contributed by atoms with Crippen molar-refractivity contribution in [2.24, 2.45) is 0 Å². The largest absolute Gasteiger partial charge is 0.349 e. The minimum Gasteiger partial charge on any atom is -0.349 e. The van der Waals surface area contributed by atoms with Gasteiger partial charge in [0.2, 0.25) is 5.91 Å². The smallest absolute Gasteiger partial charge is 0.252 e. The van der Waals surface area contributed by atoms with Crippen molar-refractivity contribution in [1.29, 1.82) is 0 Å². The van der Waals surface area contributed by atoms with E-state index >= 15 is 0 Å². The number of carbonyl (C=O) groups is 1. The number of rotatable bonds is 4. The molecule has 134 valence electrons. The van der Waals surface area contributed by atoms with E-state index in [4.69, 9.17) is 0 Å². The summed E-state index contributed by atoms with van der Waals surface area (Å²) < 4.78 is 1.73. The van der Waals surface area contributed by atoms with Crippen LogP contribution >= 0.6 is 11.8 Å². The summed E-state index contributed by atoms with van der Waals surface area (Å²) in [5.74, 6) is 1.71. The average molecular weight is 367 g/mol. The molecule has 0 saturated carbocycles. The Balaban J connectivity index is 1.45. The van der Waals surface area contributed by atoms with Crippen LogP contribution in [-0.2, 0) is 11.2 Å². The van der Waals surface area contributed by atoms with Crippen molar-refractivity contribution in [2.45, 2.75) is 44.0 Å². The number of hydrogen-bond donors (Lipinski definition) is 1. The molecule has 1 aromatic carbocycles. The highest BCUT2D eigenvalue weighted by Crippen LogP contribution is 2.35. The molecule has 0 spiro atoms. The fourth-order valence-corrected chi connectivity index (χ4v) is 4.64. The molecule has 2 aromatic heterocycles. The van der Waals surface area contributed by atoms with Gasteiger partial charge >= 0.3 is 0 Å². The fraction of sp³-hybridized carbons (Fsp3) is 0.368. The zero-order valence-electron chi connectivity index (χ0n) is 14.9. The number of amides is 1. The molecular weight excluding hydrogens is 346 g/mol. The van der Waals surface area contributed by atoms with Crippen molar-refractivity contribution in [3.63, 3.8) is 0 Å². The average Bonchev–Trinajstić information content (AvgIpc) is 3.10. The summed E-state index contributed by atoms with van der Waals surface area (Å²) in [5.41, 5.74) is 4.21. The molecule has 4 rings (SSSR count). The normalized spacial score (nSPS) is 16.5. The molecule has 1 aliphatic heterocycles. The molecule has 7 heteroatoms. The third-order valence-electron chi connectivity index (χ3n) is 4.88. The molecule has 3 aromatic rings. The Kier molecular flexibility index (Phi) is 4.63. The molecule has 0 aliphatic carbocycles. The number of thioether (sulfide) groups is 1. The number of aryl methyl sites for hydroxylation is 2. The van der Waals surface area contributed by atoms with E-state index in [1.807, 2.05) is 31.7 Å². The Morgan fingerprint density at radius 1 is 1.35 bits per heavy atom. The molecule has 0 radical (unpaired) electrons. The zero-order chi connectivity index (χ0) is 18.1. The van der Waals surface area contributed by atoms with E-state index in [0.29, 0.717) is 18.6 Å². The second-order valence-corrected chi connectivity index (χ2v) is 7.66. The van der Waals surface area contributed by atoms with Gasteiger partial charge in [-0.25, -0.2) is 9.50 Å². The Bertz CT molecular complexity index is 968. The summed E-state index contributed by atoms with van der Waals surface area (Å²) in [6.07, 6.45) is 3.56. The highest BCUT2D eigenvalue weighted by molar-refractivity contribution is 7.99. The van der Waals surface area contributed by atoms with Gasteiger partial charge in [-0.3, -0.25) is 4.79 Å². The molecule has 0 saturated heterocycles. The Morgan fingerprint density at radius 2 is 2.19 bits per heavy atom. The molecule has 6 nitrogen and oxygen atoms in total. The predicted octanol–water partition coefficient (Wildman–Crippen LogP) is 3.03. The maximum atomic E-state index is 12.6. The molecule has 0 bridgehead atoms. The van der Waals surface area contributed by atoms with E-state index < -0.39 is 0 Å². The maximum absolute atomic E-state index is 12.6. The van der Waals surface area contributed by atoms with Crippen LogP contribution in [0, 0.1) is 13.8 Å². The predicted molar refractivity (Wildman–Crippen MR) is 101 cm³/mol. The van der Waals surface area contributed by atoms with Gasteiger partial charge < -0.3 is 5.32 Å². The van der Waals surface area contributed by atoms with Gasteiger partial charge in [0.05, 0.1) is 6.04 Å². The summed E-state index contributed by atoms with van der Waals surface area (Å²) in [4.78, 5) is 22.4. The van der Waals surface area contributed by atoms with E-state index in [1.165, 1.54) is 16.8 Å². The number of fused-ring (bicyclic) bond motifs is 2. The standard InChI is InChI=1S/C19H21N5OS/c1-12-14(13(2)24-19(22-12)20-11-21-24)7-8-18(25)23-16-9-10-26-17-6-4-3-5-15(16)17/h3-6,11,16H,7-10H2,1-2H3,(H,23,25)/t16-/m1/s1. The molecule has 1 amide bonds. The Hall–Kier alpha value is -2.41. The van der Waals surface area contributed by atoms with Crippen molar-refractivity contribution < 1.29 is 4.79 Å². The third-order valence-corrected chi connectivity index (χ3v) is 6.01. The van der Waals surface area contributed by atoms with Gasteiger partial charge in [-0.05, 0) is 43.9 Å². The maximum Gasteiger partial charge on any atom is 0.252 e. The summed E-state index contributed by atoms with van der Waals surface area (Å²) >= 11 is 1.86. The highest BCUT2D eigenvalue weighted by atomic mass is 32.2. The van der Waals surface area contributed by atoms with E-state index in [0.717, 1.165) is 29.1 Å². The van der Waals surface area contributed by atoms with Crippen LogP contribution in [0.25, 0.3) is 5.78 Å². The van der Waals surface area contributed by atoms with Crippen molar-refractivity contribution in [3.8, 4) is 0 Å². The lowest BCUT2D eigenvalue weighted by Gasteiger charge is -2.26. The van der Waals surface area contributed by atoms with Crippen molar-refractivity contribution >= 4 is 23.4 Å². The molecule has 0 unspecified atom stereocenters. The van der Waals surface area contributed by atoms with Crippen LogP contribution in [0.4, 0.5) is 0 Å². The van der Waals surface area contributed by atoms with Crippen LogP contribution in [-0.4, -0.2) is 31.2 Å². The molecular formula is C19H21N5OS. The van der Waals surface area contributed by atoms with Gasteiger partial charge in [-0.15, -0.1) is 11.8 Å². The molecule has 26 heavy (non-hydrogen) atoms. The van der Waals surface area contributed by atoms with E-state index in [-0.39, 0.29) is 11.9 Å². The van der Waals surface area contributed by atoms with Gasteiger partial charge in [-0.1, -0.05) is 18.2 Å². The minimum absolute atomic E-state index is 0.0780. The summed E-state index contributed by atoms with van der Waals surface area (Å²) in [7, 11) is 0. The number of nitrogens with zero attached hydrogens (tertiary/aromatic N) is 4. The first-order chi connectivity index (χ1) is 12.6. The van der Waals surface area contributed by atoms with Crippen LogP contribution in [0.3, 0.4) is 0 Å². The van der Waals surface area contributed by atoms with Crippen LogP contribution < -0.4 is 5.32 Å². The number of benzene rings is 1. The first kappa shape index (κ1) is 17.0. The van der Waals surface area contributed by atoms with Gasteiger partial charge in [0, 0.05) is 28.5 Å². The summed E-state index contributed by atoms with van der Waals surface area (Å²) in [6.45, 7) is 3.96. The molecule has 1 N–H and O–H groups in total. The van der Waals surface area contributed by atoms with Gasteiger partial charge in [0.15, 0.2) is 0 Å². The van der Waals surface area contributed by atoms with Gasteiger partial charge in [0.1, 0.15) is 6.33 Å². The van der Waals surface area contributed by atoms with E-state index in [9.17, 15) is 4.79 Å². The monoisotopic (exact) mass is 367 g/mol. The Labute approximate surface area is 156 Å². The molecule has 1 aliphatic rings. The second kappa shape index (κ2) is 7.07. The van der Waals surface area contributed by atoms with Crippen molar-refractivity contribution in [2.75, 3.05) is 5.75 Å². The molecule has 1 atom stereocenters. The van der Waals surface area contributed by atoms with E-state index in [2.05, 4.69) is 38.6 Å². The Morgan fingerprint density at radius 3 is 3.08 bits per heavy atom. The summed E-state index contributed by atoms with van der Waals surface area (Å²) in [6, 6.07) is 8.44. The van der Waals surface area contributed by atoms with Crippen LogP contribution in [0.1, 0.15) is 41.4 Å². The van der Waals surface area contributed by atoms with Crippen molar-refractivity contribution in [3.05, 3.63) is 53.1 Å². The lowest BCUT2D eigenvalue weighted by atomic mass is 10.0. The zero-order valence-corrected chi connectivity index (χ0v) is 15.7. The van der Waals surface area contributed by atoms with Crippen LogP contribution in [0.5, 0.6) is 0 Å². The highest BCUT2D eigenvalue weighted by Gasteiger charge is 2.22. The fourth-order valence-electron chi connectivity index (χ4n) is 3.51. The lowest BCUT2D eigenvalue weighted by molar-refractivity contribution is -0.121. The topological polar surface area (TPSA) is 72.2 Å². The minimum atomic E-state index is 0.0780. The summed E-state index contributed by atoms with van der Waals surface area (Å²) in [5, 5.41) is 7.41. The quantitative estimate of drug-likeness (QED) is 0.767. The number of carbonyl (C=O) groups excluding carboxylic acids is 1. The van der Waals surface area contributed by atoms with Crippen LogP contribution in [0.15, 0.2) is 35.5 Å². The van der Waals surface area contributed by atoms with Gasteiger partial charge in [-0.2, -0.15) is 10.1 Å². The van der Waals surface area contributed by atoms with E-state index in [1.54, 1.807) is 4.52 Å². The number of aromatic nitrogens is 4. The van der Waals surface area contributed by atoms with Crippen LogP contribution in [0.2, 0.25) is 0 Å². The second-order valence-electron chi connectivity index (χ2n) is 6.53. The molecule has 3 heterocycles. The van der Waals surface area contributed by atoms with Crippen molar-refractivity contribution in [1.82, 2.24) is 24.9 Å². The third kappa shape index (κ3) is 3.19. The SMILES string of the molecule is Cc1nc2ncnn2c(C)c1CCC(=O)N[C@@H]1CCSc2ccccc21. The molecule has 0 fully saturated rings. The number of hydrogen-bond acceptors (Lipinski definition) is 5. The first-order valence-electron chi connectivity index (χ1n) is 8.80. The number of nitrogens with one attached hydrogen (secondary N) is 1.